The second-order valence-electron chi connectivity index (χ2n) is 7.55. The van der Waals surface area contributed by atoms with Gasteiger partial charge in [0.15, 0.2) is 5.84 Å². The van der Waals surface area contributed by atoms with Crippen LogP contribution in [-0.4, -0.2) is 16.8 Å². The molecule has 0 saturated carbocycles. The molecule has 2 N–H and O–H groups in total. The van der Waals surface area contributed by atoms with E-state index in [2.05, 4.69) is 10.4 Å². The second kappa shape index (κ2) is 8.12. The highest BCUT2D eigenvalue weighted by molar-refractivity contribution is 6.17. The summed E-state index contributed by atoms with van der Waals surface area (Å²) in [5.74, 6) is -0.318. The Bertz CT molecular complexity index is 1490. The summed E-state index contributed by atoms with van der Waals surface area (Å²) in [6.45, 7) is 1.78. The highest BCUT2D eigenvalue weighted by atomic mass is 16.4. The largest absolute Gasteiger partial charge is 0.506 e. The molecule has 5 rings (SSSR count). The van der Waals surface area contributed by atoms with Crippen LogP contribution in [0.1, 0.15) is 16.7 Å². The third kappa shape index (κ3) is 3.65. The van der Waals surface area contributed by atoms with Crippen LogP contribution in [0.4, 0.5) is 5.69 Å². The van der Waals surface area contributed by atoms with Crippen molar-refractivity contribution in [1.29, 1.82) is 0 Å². The standard InChI is InChI=1S/C26H19N3O4/c1-16-9-8-14-19-22(30)20(26(32)33-23(16)19)15-21-25(31)28-29(18-12-6-3-7-13-18)24(27-21)17-10-4-2-5-11-17/h2-15,30H,1H3,(H,28,31)/b21-15+. The molecule has 1 aliphatic rings. The molecule has 7 heteroatoms. The zero-order valence-corrected chi connectivity index (χ0v) is 17.6. The minimum Gasteiger partial charge on any atom is -0.506 e. The number of carbonyl (C=O) groups excluding carboxylic acids is 1. The number of hydrogen-bond acceptors (Lipinski definition) is 6. The van der Waals surface area contributed by atoms with Crippen molar-refractivity contribution < 1.29 is 14.3 Å². The quantitative estimate of drug-likeness (QED) is 0.371. The van der Waals surface area contributed by atoms with Crippen LogP contribution in [0.2, 0.25) is 0 Å². The number of aryl methyl sites for hydroxylation is 1. The normalized spacial score (nSPS) is 14.9. The van der Waals surface area contributed by atoms with Crippen molar-refractivity contribution in [3.05, 3.63) is 112 Å². The summed E-state index contributed by atoms with van der Waals surface area (Å²) < 4.78 is 5.43. The van der Waals surface area contributed by atoms with Gasteiger partial charge in [0.05, 0.1) is 11.1 Å². The van der Waals surface area contributed by atoms with Crippen LogP contribution in [0.5, 0.6) is 5.75 Å². The maximum atomic E-state index is 13.0. The summed E-state index contributed by atoms with van der Waals surface area (Å²) in [5, 5.41) is 12.8. The van der Waals surface area contributed by atoms with E-state index in [0.717, 1.165) is 16.8 Å². The average molecular weight is 437 g/mol. The van der Waals surface area contributed by atoms with Crippen molar-refractivity contribution in [3.63, 3.8) is 0 Å². The molecule has 3 aromatic carbocycles. The first-order valence-electron chi connectivity index (χ1n) is 10.3. The van der Waals surface area contributed by atoms with Crippen molar-refractivity contribution in [2.75, 3.05) is 5.01 Å². The Labute approximate surface area is 188 Å². The average Bonchev–Trinajstić information content (AvgIpc) is 2.84. The van der Waals surface area contributed by atoms with Gasteiger partial charge in [0.25, 0.3) is 5.91 Å². The molecule has 0 atom stereocenters. The number of aliphatic imine (C=N–C) groups is 1. The first kappa shape index (κ1) is 20.3. The van der Waals surface area contributed by atoms with Gasteiger partial charge in [-0.3, -0.25) is 10.2 Å². The Morgan fingerprint density at radius 2 is 1.64 bits per heavy atom. The lowest BCUT2D eigenvalue weighted by molar-refractivity contribution is -0.117. The predicted octanol–water partition coefficient (Wildman–Crippen LogP) is 4.15. The van der Waals surface area contributed by atoms with Gasteiger partial charge < -0.3 is 9.52 Å². The minimum absolute atomic E-state index is 0.0318. The number of anilines is 1. The fraction of sp³-hybridized carbons (Fsp3) is 0.0385. The van der Waals surface area contributed by atoms with Crippen LogP contribution in [0, 0.1) is 6.92 Å². The zero-order chi connectivity index (χ0) is 22.9. The topological polar surface area (TPSA) is 95.1 Å². The van der Waals surface area contributed by atoms with Crippen LogP contribution in [0.15, 0.2) is 98.8 Å². The molecule has 162 valence electrons. The Hall–Kier alpha value is -4.65. The second-order valence-corrected chi connectivity index (χ2v) is 7.55. The molecule has 0 fully saturated rings. The molecule has 0 spiro atoms. The number of fused-ring (bicyclic) bond motifs is 1. The van der Waals surface area contributed by atoms with Gasteiger partial charge in [-0.05, 0) is 36.8 Å². The molecule has 0 radical (unpaired) electrons. The van der Waals surface area contributed by atoms with Crippen LogP contribution < -0.4 is 16.1 Å². The first-order chi connectivity index (χ1) is 16.0. The van der Waals surface area contributed by atoms with Gasteiger partial charge in [0.2, 0.25) is 0 Å². The summed E-state index contributed by atoms with van der Waals surface area (Å²) in [4.78, 5) is 30.2. The molecule has 1 aromatic heterocycles. The van der Waals surface area contributed by atoms with Crippen LogP contribution >= 0.6 is 0 Å². The predicted molar refractivity (Wildman–Crippen MR) is 127 cm³/mol. The number of rotatable bonds is 3. The van der Waals surface area contributed by atoms with Crippen molar-refractivity contribution in [2.45, 2.75) is 6.92 Å². The molecule has 0 saturated heterocycles. The molecule has 4 aromatic rings. The molecular weight excluding hydrogens is 418 g/mol. The number of amides is 1. The van der Waals surface area contributed by atoms with E-state index in [1.807, 2.05) is 60.7 Å². The van der Waals surface area contributed by atoms with Crippen LogP contribution in [0.3, 0.4) is 0 Å². The van der Waals surface area contributed by atoms with E-state index in [0.29, 0.717) is 16.8 Å². The number of para-hydroxylation sites is 2. The van der Waals surface area contributed by atoms with Gasteiger partial charge in [-0.25, -0.2) is 14.8 Å². The molecule has 7 nitrogen and oxygen atoms in total. The number of hydrogen-bond donors (Lipinski definition) is 2. The molecule has 0 aliphatic carbocycles. The zero-order valence-electron chi connectivity index (χ0n) is 17.6. The fourth-order valence-electron chi connectivity index (χ4n) is 3.70. The number of amidine groups is 1. The fourth-order valence-corrected chi connectivity index (χ4v) is 3.70. The summed E-state index contributed by atoms with van der Waals surface area (Å²) in [5.41, 5.74) is 4.40. The lowest BCUT2D eigenvalue weighted by Crippen LogP contribution is -2.50. The van der Waals surface area contributed by atoms with Crippen molar-refractivity contribution in [3.8, 4) is 5.75 Å². The van der Waals surface area contributed by atoms with Gasteiger partial charge in [-0.15, -0.1) is 0 Å². The molecule has 33 heavy (non-hydrogen) atoms. The van der Waals surface area contributed by atoms with E-state index in [-0.39, 0.29) is 17.0 Å². The number of nitrogens with zero attached hydrogens (tertiary/aromatic N) is 2. The molecule has 2 heterocycles. The van der Waals surface area contributed by atoms with E-state index >= 15 is 0 Å². The third-order valence-electron chi connectivity index (χ3n) is 5.35. The smallest absolute Gasteiger partial charge is 0.347 e. The SMILES string of the molecule is Cc1cccc2c(O)c(/C=C3/N=C(c4ccccc4)N(c4ccccc4)NC3=O)c(=O)oc12. The molecule has 0 unspecified atom stereocenters. The van der Waals surface area contributed by atoms with E-state index < -0.39 is 11.5 Å². The molecule has 1 amide bonds. The van der Waals surface area contributed by atoms with Gasteiger partial charge in [0, 0.05) is 5.56 Å². The van der Waals surface area contributed by atoms with E-state index in [9.17, 15) is 14.7 Å². The highest BCUT2D eigenvalue weighted by Crippen LogP contribution is 2.30. The first-order valence-corrected chi connectivity index (χ1v) is 10.3. The third-order valence-corrected chi connectivity index (χ3v) is 5.35. The van der Waals surface area contributed by atoms with Gasteiger partial charge in [-0.1, -0.05) is 60.7 Å². The summed E-state index contributed by atoms with van der Waals surface area (Å²) in [6, 6.07) is 23.8. The van der Waals surface area contributed by atoms with Gasteiger partial charge in [0.1, 0.15) is 22.6 Å². The summed E-state index contributed by atoms with van der Waals surface area (Å²) >= 11 is 0. The lowest BCUT2D eigenvalue weighted by atomic mass is 10.1. The monoisotopic (exact) mass is 437 g/mol. The Morgan fingerprint density at radius 3 is 2.36 bits per heavy atom. The Morgan fingerprint density at radius 1 is 0.939 bits per heavy atom. The molecule has 0 bridgehead atoms. The Balaban J connectivity index is 1.69. The summed E-state index contributed by atoms with van der Waals surface area (Å²) in [6.07, 6.45) is 1.25. The number of aromatic hydroxyl groups is 1. The highest BCUT2D eigenvalue weighted by Gasteiger charge is 2.27. The molecule has 1 aliphatic heterocycles. The van der Waals surface area contributed by atoms with E-state index in [4.69, 9.17) is 4.42 Å². The lowest BCUT2D eigenvalue weighted by Gasteiger charge is -2.30. The summed E-state index contributed by atoms with van der Waals surface area (Å²) in [7, 11) is 0. The van der Waals surface area contributed by atoms with Gasteiger partial charge in [-0.2, -0.15) is 0 Å². The van der Waals surface area contributed by atoms with E-state index in [1.165, 1.54) is 6.08 Å². The number of carbonyl (C=O) groups is 1. The van der Waals surface area contributed by atoms with E-state index in [1.54, 1.807) is 30.1 Å². The van der Waals surface area contributed by atoms with Crippen molar-refractivity contribution in [2.24, 2.45) is 4.99 Å². The van der Waals surface area contributed by atoms with Crippen LogP contribution in [0.25, 0.3) is 17.0 Å². The number of nitrogens with one attached hydrogen (secondary N) is 1. The number of benzene rings is 3. The number of hydrazine groups is 1. The minimum atomic E-state index is -0.753. The van der Waals surface area contributed by atoms with Crippen LogP contribution in [-0.2, 0) is 4.79 Å². The molecular formula is C26H19N3O4. The Kier molecular flexibility index (Phi) is 4.99. The van der Waals surface area contributed by atoms with Gasteiger partial charge >= 0.3 is 5.63 Å². The van der Waals surface area contributed by atoms with Crippen molar-refractivity contribution in [1.82, 2.24) is 5.43 Å². The van der Waals surface area contributed by atoms with Crippen molar-refractivity contribution >= 4 is 34.5 Å². The maximum Gasteiger partial charge on any atom is 0.347 e. The maximum absolute atomic E-state index is 13.0.